The zero-order chi connectivity index (χ0) is 13.1. The Kier molecular flexibility index (Phi) is 4.48. The zero-order valence-corrected chi connectivity index (χ0v) is 12.6. The summed E-state index contributed by atoms with van der Waals surface area (Å²) in [5.74, 6) is -0.246. The number of hydrogen-bond donors (Lipinski definition) is 1. The van der Waals surface area contributed by atoms with Crippen LogP contribution in [0.2, 0.25) is 0 Å². The van der Waals surface area contributed by atoms with Gasteiger partial charge in [-0.1, -0.05) is 13.8 Å². The molecule has 0 fully saturated rings. The summed E-state index contributed by atoms with van der Waals surface area (Å²) >= 11 is 4.99. The van der Waals surface area contributed by atoms with Crippen molar-refractivity contribution in [1.29, 1.82) is 0 Å². The van der Waals surface area contributed by atoms with Gasteiger partial charge in [0.1, 0.15) is 10.8 Å². The third-order valence-electron chi connectivity index (χ3n) is 2.40. The second kappa shape index (κ2) is 5.91. The lowest BCUT2D eigenvalue weighted by Crippen LogP contribution is -2.21. The average Bonchev–Trinajstić information content (AvgIpc) is 2.75. The van der Waals surface area contributed by atoms with E-state index in [1.807, 2.05) is 6.20 Å². The highest BCUT2D eigenvalue weighted by Gasteiger charge is 2.09. The number of benzene rings is 1. The minimum atomic E-state index is -0.246. The Hall–Kier alpha value is -0.780. The highest BCUT2D eigenvalue weighted by molar-refractivity contribution is 9.10. The van der Waals surface area contributed by atoms with E-state index in [9.17, 15) is 4.39 Å². The van der Waals surface area contributed by atoms with Crippen LogP contribution in [0.5, 0.6) is 0 Å². The van der Waals surface area contributed by atoms with Crippen LogP contribution in [-0.4, -0.2) is 11.0 Å². The quantitative estimate of drug-likeness (QED) is 0.909. The van der Waals surface area contributed by atoms with Gasteiger partial charge in [0, 0.05) is 33.7 Å². The first-order valence-corrected chi connectivity index (χ1v) is 7.30. The van der Waals surface area contributed by atoms with Gasteiger partial charge in [-0.15, -0.1) is 11.3 Å². The van der Waals surface area contributed by atoms with Crippen molar-refractivity contribution in [3.05, 3.63) is 39.6 Å². The molecule has 0 aliphatic carbocycles. The first-order chi connectivity index (χ1) is 8.56. The standard InChI is InChI=1S/C13H14BrFN2S/c1-8(2)16-6-10-7-17-13(18-10)11-4-3-9(15)5-12(11)14/h3-5,7-8,16H,6H2,1-2H3. The van der Waals surface area contributed by atoms with Crippen molar-refractivity contribution < 1.29 is 4.39 Å². The van der Waals surface area contributed by atoms with Crippen molar-refractivity contribution in [2.45, 2.75) is 26.4 Å². The third kappa shape index (κ3) is 3.37. The van der Waals surface area contributed by atoms with Crippen LogP contribution in [0.25, 0.3) is 10.6 Å². The van der Waals surface area contributed by atoms with Crippen molar-refractivity contribution >= 4 is 27.3 Å². The maximum absolute atomic E-state index is 13.0. The Morgan fingerprint density at radius 3 is 2.89 bits per heavy atom. The fraction of sp³-hybridized carbons (Fsp3) is 0.308. The first kappa shape index (κ1) is 13.6. The van der Waals surface area contributed by atoms with Crippen LogP contribution in [-0.2, 0) is 6.54 Å². The van der Waals surface area contributed by atoms with Crippen molar-refractivity contribution in [2.24, 2.45) is 0 Å². The summed E-state index contributed by atoms with van der Waals surface area (Å²) in [5.41, 5.74) is 0.928. The Morgan fingerprint density at radius 1 is 1.44 bits per heavy atom. The van der Waals surface area contributed by atoms with Gasteiger partial charge >= 0.3 is 0 Å². The van der Waals surface area contributed by atoms with E-state index in [1.54, 1.807) is 17.4 Å². The molecule has 1 aromatic heterocycles. The minimum Gasteiger partial charge on any atom is -0.310 e. The Balaban J connectivity index is 2.18. The number of aromatic nitrogens is 1. The molecule has 0 amide bonds. The second-order valence-electron chi connectivity index (χ2n) is 4.29. The van der Waals surface area contributed by atoms with Gasteiger partial charge < -0.3 is 5.32 Å². The van der Waals surface area contributed by atoms with Gasteiger partial charge in [-0.2, -0.15) is 0 Å². The number of halogens is 2. The number of nitrogens with zero attached hydrogens (tertiary/aromatic N) is 1. The van der Waals surface area contributed by atoms with Crippen LogP contribution in [0, 0.1) is 5.82 Å². The molecule has 96 valence electrons. The van der Waals surface area contributed by atoms with E-state index < -0.39 is 0 Å². The molecule has 0 radical (unpaired) electrons. The van der Waals surface area contributed by atoms with Gasteiger partial charge in [-0.05, 0) is 34.1 Å². The molecule has 0 unspecified atom stereocenters. The van der Waals surface area contributed by atoms with Crippen LogP contribution in [0.3, 0.4) is 0 Å². The largest absolute Gasteiger partial charge is 0.310 e. The van der Waals surface area contributed by atoms with Crippen LogP contribution in [0.1, 0.15) is 18.7 Å². The van der Waals surface area contributed by atoms with Gasteiger partial charge in [0.15, 0.2) is 0 Å². The Labute approximate surface area is 118 Å². The van der Waals surface area contributed by atoms with Crippen LogP contribution in [0.15, 0.2) is 28.9 Å². The van der Waals surface area contributed by atoms with Gasteiger partial charge in [0.25, 0.3) is 0 Å². The molecular weight excluding hydrogens is 315 g/mol. The van der Waals surface area contributed by atoms with E-state index in [-0.39, 0.29) is 5.82 Å². The fourth-order valence-electron chi connectivity index (χ4n) is 1.48. The summed E-state index contributed by atoms with van der Waals surface area (Å²) in [6, 6.07) is 5.11. The van der Waals surface area contributed by atoms with E-state index in [0.29, 0.717) is 6.04 Å². The van der Waals surface area contributed by atoms with Gasteiger partial charge in [-0.25, -0.2) is 9.37 Å². The molecule has 2 nitrogen and oxygen atoms in total. The summed E-state index contributed by atoms with van der Waals surface area (Å²) in [4.78, 5) is 5.56. The van der Waals surface area contributed by atoms with E-state index in [2.05, 4.69) is 40.1 Å². The molecule has 0 saturated carbocycles. The molecule has 1 N–H and O–H groups in total. The summed E-state index contributed by atoms with van der Waals surface area (Å²) in [5, 5.41) is 4.25. The molecule has 1 heterocycles. The van der Waals surface area contributed by atoms with Crippen LogP contribution < -0.4 is 5.32 Å². The van der Waals surface area contributed by atoms with E-state index in [4.69, 9.17) is 0 Å². The summed E-state index contributed by atoms with van der Waals surface area (Å²) in [6.45, 7) is 5.03. The smallest absolute Gasteiger partial charge is 0.124 e. The molecule has 0 atom stereocenters. The third-order valence-corrected chi connectivity index (χ3v) is 4.09. The molecule has 0 aliphatic rings. The molecule has 0 bridgehead atoms. The molecule has 2 rings (SSSR count). The monoisotopic (exact) mass is 328 g/mol. The first-order valence-electron chi connectivity index (χ1n) is 5.70. The van der Waals surface area contributed by atoms with Crippen molar-refractivity contribution in [3.63, 3.8) is 0 Å². The molecule has 18 heavy (non-hydrogen) atoms. The van der Waals surface area contributed by atoms with Gasteiger partial charge in [-0.3, -0.25) is 0 Å². The maximum Gasteiger partial charge on any atom is 0.124 e. The van der Waals surface area contributed by atoms with Gasteiger partial charge in [0.05, 0.1) is 0 Å². The predicted molar refractivity (Wildman–Crippen MR) is 77.2 cm³/mol. The molecule has 0 spiro atoms. The van der Waals surface area contributed by atoms with Crippen molar-refractivity contribution in [3.8, 4) is 10.6 Å². The molecule has 2 aromatic rings. The summed E-state index contributed by atoms with van der Waals surface area (Å²) < 4.78 is 13.8. The molecule has 0 aliphatic heterocycles. The Bertz CT molecular complexity index is 540. The van der Waals surface area contributed by atoms with E-state index in [1.165, 1.54) is 17.0 Å². The number of thiazole rings is 1. The molecular formula is C13H14BrFN2S. The number of rotatable bonds is 4. The van der Waals surface area contributed by atoms with Gasteiger partial charge in [0.2, 0.25) is 0 Å². The topological polar surface area (TPSA) is 24.9 Å². The molecule has 0 saturated heterocycles. The SMILES string of the molecule is CC(C)NCc1cnc(-c2ccc(F)cc2Br)s1. The van der Waals surface area contributed by atoms with E-state index in [0.717, 1.165) is 21.6 Å². The summed E-state index contributed by atoms with van der Waals surface area (Å²) in [7, 11) is 0. The zero-order valence-electron chi connectivity index (χ0n) is 10.2. The number of hydrogen-bond acceptors (Lipinski definition) is 3. The molecule has 5 heteroatoms. The number of nitrogens with one attached hydrogen (secondary N) is 1. The minimum absolute atomic E-state index is 0.246. The lowest BCUT2D eigenvalue weighted by Gasteiger charge is -2.04. The predicted octanol–water partition coefficient (Wildman–Crippen LogP) is 4.21. The maximum atomic E-state index is 13.0. The van der Waals surface area contributed by atoms with Crippen molar-refractivity contribution in [1.82, 2.24) is 10.3 Å². The van der Waals surface area contributed by atoms with Crippen molar-refractivity contribution in [2.75, 3.05) is 0 Å². The summed E-state index contributed by atoms with van der Waals surface area (Å²) in [6.07, 6.45) is 1.87. The lowest BCUT2D eigenvalue weighted by atomic mass is 10.2. The average molecular weight is 329 g/mol. The lowest BCUT2D eigenvalue weighted by molar-refractivity contribution is 0.593. The highest BCUT2D eigenvalue weighted by Crippen LogP contribution is 2.31. The van der Waals surface area contributed by atoms with E-state index >= 15 is 0 Å². The van der Waals surface area contributed by atoms with Crippen LogP contribution in [0.4, 0.5) is 4.39 Å². The normalized spacial score (nSPS) is 11.2. The molecule has 1 aromatic carbocycles. The fourth-order valence-corrected chi connectivity index (χ4v) is 3.05. The second-order valence-corrected chi connectivity index (χ2v) is 6.26. The van der Waals surface area contributed by atoms with Crippen LogP contribution >= 0.6 is 27.3 Å². The highest BCUT2D eigenvalue weighted by atomic mass is 79.9. The Morgan fingerprint density at radius 2 is 2.22 bits per heavy atom.